The number of para-hydroxylation sites is 2. The first-order valence-corrected chi connectivity index (χ1v) is 14.9. The van der Waals surface area contributed by atoms with Crippen LogP contribution in [0.4, 0.5) is 0 Å². The van der Waals surface area contributed by atoms with Gasteiger partial charge in [0.15, 0.2) is 0 Å². The molecule has 2 aliphatic rings. The molecule has 6 heteroatoms. The normalized spacial score (nSPS) is 24.5. The highest BCUT2D eigenvalue weighted by molar-refractivity contribution is 5.89. The molecule has 1 amide bonds. The number of likely N-dealkylation sites (tertiary alicyclic amines) is 1. The lowest BCUT2D eigenvalue weighted by atomic mass is 9.51. The molecule has 43 heavy (non-hydrogen) atoms. The Labute approximate surface area is 251 Å². The summed E-state index contributed by atoms with van der Waals surface area (Å²) in [5.41, 5.74) is 2.40. The molecule has 1 saturated heterocycles. The van der Waals surface area contributed by atoms with Crippen molar-refractivity contribution in [1.29, 1.82) is 0 Å². The maximum absolute atomic E-state index is 14.1. The molecule has 4 aromatic carbocycles. The van der Waals surface area contributed by atoms with E-state index in [0.29, 0.717) is 30.8 Å². The van der Waals surface area contributed by atoms with Gasteiger partial charge in [0.05, 0.1) is 19.6 Å². The van der Waals surface area contributed by atoms with Gasteiger partial charge in [-0.3, -0.25) is 4.79 Å². The maximum atomic E-state index is 14.1. The Balaban J connectivity index is 1.36. The number of ether oxygens (including phenoxy) is 1. The first-order chi connectivity index (χ1) is 21.0. The van der Waals surface area contributed by atoms with Crippen molar-refractivity contribution >= 4 is 16.8 Å². The van der Waals surface area contributed by atoms with E-state index in [-0.39, 0.29) is 18.2 Å². The lowest BCUT2D eigenvalue weighted by molar-refractivity contribution is -0.168. The molecule has 218 valence electrons. The van der Waals surface area contributed by atoms with E-state index in [1.165, 1.54) is 0 Å². The molecule has 7 rings (SSSR count). The van der Waals surface area contributed by atoms with E-state index in [9.17, 15) is 15.0 Å². The topological polar surface area (TPSA) is 85.8 Å². The number of hydrogen-bond donors (Lipinski definition) is 3. The smallest absolute Gasteiger partial charge is 0.227 e. The van der Waals surface area contributed by atoms with Crippen LogP contribution in [0.25, 0.3) is 10.9 Å². The molecule has 1 aromatic heterocycles. The lowest BCUT2D eigenvalue weighted by Gasteiger charge is -2.55. The van der Waals surface area contributed by atoms with Crippen molar-refractivity contribution in [1.82, 2.24) is 9.88 Å². The van der Waals surface area contributed by atoms with E-state index in [4.69, 9.17) is 4.74 Å². The number of H-pyrrole nitrogens is 1. The zero-order chi connectivity index (χ0) is 29.6. The van der Waals surface area contributed by atoms with Gasteiger partial charge in [0, 0.05) is 47.1 Å². The fraction of sp³-hybridized carbons (Fsp3) is 0.270. The quantitative estimate of drug-likeness (QED) is 0.253. The second-order valence-electron chi connectivity index (χ2n) is 12.0. The van der Waals surface area contributed by atoms with E-state index in [1.54, 1.807) is 7.11 Å². The van der Waals surface area contributed by atoms with Gasteiger partial charge in [0.1, 0.15) is 11.4 Å². The third-order valence-electron chi connectivity index (χ3n) is 10.0. The molecular weight excluding hydrogens is 536 g/mol. The molecule has 5 aromatic rings. The zero-order valence-electron chi connectivity index (χ0n) is 24.2. The molecule has 0 bridgehead atoms. The van der Waals surface area contributed by atoms with Crippen LogP contribution in [0.15, 0.2) is 115 Å². The van der Waals surface area contributed by atoms with Crippen LogP contribution in [0.1, 0.15) is 28.7 Å². The molecule has 2 fully saturated rings. The molecule has 4 atom stereocenters. The van der Waals surface area contributed by atoms with Crippen LogP contribution >= 0.6 is 0 Å². The van der Waals surface area contributed by atoms with Crippen LogP contribution in [0.3, 0.4) is 0 Å². The number of hydrogen-bond acceptors (Lipinski definition) is 4. The van der Waals surface area contributed by atoms with Crippen molar-refractivity contribution in [2.45, 2.75) is 30.0 Å². The predicted octanol–water partition coefficient (Wildman–Crippen LogP) is 5.43. The predicted molar refractivity (Wildman–Crippen MR) is 167 cm³/mol. The summed E-state index contributed by atoms with van der Waals surface area (Å²) in [6, 6.07) is 35.9. The Bertz CT molecular complexity index is 1710. The van der Waals surface area contributed by atoms with Crippen molar-refractivity contribution in [3.63, 3.8) is 0 Å². The number of methoxy groups -OCH3 is 1. The van der Waals surface area contributed by atoms with Crippen LogP contribution < -0.4 is 4.74 Å². The van der Waals surface area contributed by atoms with Gasteiger partial charge in [0.25, 0.3) is 0 Å². The summed E-state index contributed by atoms with van der Waals surface area (Å²) >= 11 is 0. The first-order valence-electron chi connectivity index (χ1n) is 14.9. The molecule has 2 heterocycles. The average Bonchev–Trinajstić information content (AvgIpc) is 3.70. The highest BCUT2D eigenvalue weighted by atomic mass is 16.5. The van der Waals surface area contributed by atoms with Crippen molar-refractivity contribution in [3.8, 4) is 5.75 Å². The van der Waals surface area contributed by atoms with Crippen molar-refractivity contribution in [3.05, 3.63) is 138 Å². The summed E-state index contributed by atoms with van der Waals surface area (Å²) in [6.07, 6.45) is 1.34. The second-order valence-corrected chi connectivity index (χ2v) is 12.0. The minimum absolute atomic E-state index is 0.00560. The van der Waals surface area contributed by atoms with E-state index < -0.39 is 23.0 Å². The molecular formula is C37H36N2O4. The number of benzene rings is 4. The molecule has 1 aliphatic heterocycles. The van der Waals surface area contributed by atoms with Crippen molar-refractivity contribution in [2.24, 2.45) is 11.8 Å². The van der Waals surface area contributed by atoms with E-state index >= 15 is 0 Å². The van der Waals surface area contributed by atoms with Crippen LogP contribution in [0.5, 0.6) is 5.75 Å². The minimum Gasteiger partial charge on any atom is -0.496 e. The molecule has 1 saturated carbocycles. The largest absolute Gasteiger partial charge is 0.496 e. The molecule has 0 radical (unpaired) electrons. The second kappa shape index (κ2) is 10.7. The number of amides is 1. The number of fused-ring (bicyclic) bond motifs is 2. The fourth-order valence-corrected chi connectivity index (χ4v) is 8.02. The van der Waals surface area contributed by atoms with Gasteiger partial charge in [-0.05, 0) is 41.2 Å². The Morgan fingerprint density at radius 3 is 2.16 bits per heavy atom. The summed E-state index contributed by atoms with van der Waals surface area (Å²) in [6.45, 7) is 0.776. The van der Waals surface area contributed by atoms with Gasteiger partial charge in [-0.25, -0.2) is 0 Å². The number of carbonyl (C=O) groups is 1. The number of rotatable bonds is 6. The van der Waals surface area contributed by atoms with Crippen LogP contribution in [-0.4, -0.2) is 52.3 Å². The van der Waals surface area contributed by atoms with E-state index in [0.717, 1.165) is 27.6 Å². The highest BCUT2D eigenvalue weighted by Gasteiger charge is 2.64. The summed E-state index contributed by atoms with van der Waals surface area (Å²) in [4.78, 5) is 19.3. The van der Waals surface area contributed by atoms with E-state index in [1.807, 2.05) is 96.0 Å². The third kappa shape index (κ3) is 4.28. The van der Waals surface area contributed by atoms with Gasteiger partial charge in [-0.2, -0.15) is 0 Å². The number of nitrogens with zero attached hydrogens (tertiary/aromatic N) is 1. The SMILES string of the molecule is COc1ccccc1[C@@]1(O)[C@H](O)CC(c2ccccc2)(c2ccccc2)[C@@H]2CN(C(=O)Cc3c[nH]c4ccccc34)C[C@@H]21. The zero-order valence-corrected chi connectivity index (χ0v) is 24.2. The number of aliphatic hydroxyl groups excluding tert-OH is 1. The number of aromatic amines is 1. The molecule has 3 N–H and O–H groups in total. The molecule has 6 nitrogen and oxygen atoms in total. The van der Waals surface area contributed by atoms with Crippen molar-refractivity contribution < 1.29 is 19.7 Å². The minimum atomic E-state index is -1.62. The molecule has 0 spiro atoms. The standard InChI is InChI=1S/C37H36N2O4/c1-43-33-19-11-9-17-29(33)37(42)31-24-39(35(41)20-25-22-38-32-18-10-8-16-28(25)32)23-30(31)36(21-34(37)40,26-12-4-2-5-13-26)27-14-6-3-7-15-27/h2-19,22,30-31,34,38,40,42H,20-21,23-24H2,1H3/t30-,31+,34-,37+/m1/s1. The Morgan fingerprint density at radius 2 is 1.47 bits per heavy atom. The maximum Gasteiger partial charge on any atom is 0.227 e. The monoisotopic (exact) mass is 572 g/mol. The Kier molecular flexibility index (Phi) is 6.83. The number of aliphatic hydroxyl groups is 2. The number of aromatic nitrogens is 1. The van der Waals surface area contributed by atoms with Crippen LogP contribution in [0, 0.1) is 11.8 Å². The summed E-state index contributed by atoms with van der Waals surface area (Å²) in [5, 5.41) is 25.9. The fourth-order valence-electron chi connectivity index (χ4n) is 8.02. The van der Waals surface area contributed by atoms with Crippen LogP contribution in [-0.2, 0) is 22.2 Å². The van der Waals surface area contributed by atoms with Gasteiger partial charge in [-0.1, -0.05) is 97.1 Å². The summed E-state index contributed by atoms with van der Waals surface area (Å²) in [7, 11) is 1.58. The number of carbonyl (C=O) groups excluding carboxylic acids is 1. The molecule has 0 unspecified atom stereocenters. The van der Waals surface area contributed by atoms with Gasteiger partial charge >= 0.3 is 0 Å². The average molecular weight is 573 g/mol. The highest BCUT2D eigenvalue weighted by Crippen LogP contribution is 2.60. The Morgan fingerprint density at radius 1 is 0.860 bits per heavy atom. The Hall–Kier alpha value is -4.39. The molecule has 1 aliphatic carbocycles. The summed E-state index contributed by atoms with van der Waals surface area (Å²) < 4.78 is 5.71. The first kappa shape index (κ1) is 27.4. The van der Waals surface area contributed by atoms with Crippen molar-refractivity contribution in [2.75, 3.05) is 20.2 Å². The third-order valence-corrected chi connectivity index (χ3v) is 10.0. The van der Waals surface area contributed by atoms with E-state index in [2.05, 4.69) is 29.2 Å². The number of nitrogens with one attached hydrogen (secondary N) is 1. The van der Waals surface area contributed by atoms with Gasteiger partial charge < -0.3 is 24.8 Å². The van der Waals surface area contributed by atoms with Gasteiger partial charge in [0.2, 0.25) is 5.91 Å². The lowest BCUT2D eigenvalue weighted by Crippen LogP contribution is -2.60. The summed E-state index contributed by atoms with van der Waals surface area (Å²) in [5.74, 6) is -0.105. The van der Waals surface area contributed by atoms with Crippen LogP contribution in [0.2, 0.25) is 0 Å². The van der Waals surface area contributed by atoms with Gasteiger partial charge in [-0.15, -0.1) is 0 Å².